The molecule has 0 radical (unpaired) electrons. The van der Waals surface area contributed by atoms with Crippen LogP contribution in [0.4, 0.5) is 0 Å². The van der Waals surface area contributed by atoms with E-state index >= 15 is 0 Å². The van der Waals surface area contributed by atoms with Gasteiger partial charge in [-0.25, -0.2) is 9.78 Å². The second-order valence-corrected chi connectivity index (χ2v) is 17.2. The zero-order valence-corrected chi connectivity index (χ0v) is 28.0. The Morgan fingerprint density at radius 3 is 2.12 bits per heavy atom. The highest BCUT2D eigenvalue weighted by Crippen LogP contribution is 2.41. The fraction of sp³-hybridized carbons (Fsp3) is 0.486. The molecule has 0 bridgehead atoms. The van der Waals surface area contributed by atoms with Gasteiger partial charge in [-0.1, -0.05) is 62.1 Å². The monoisotopic (exact) mass is 583 g/mol. The largest absolute Gasteiger partial charge is 0.402 e. The van der Waals surface area contributed by atoms with Crippen LogP contribution >= 0.6 is 0 Å². The number of hydrogen-bond acceptors (Lipinski definition) is 4. The second kappa shape index (κ2) is 13.7. The SMILES string of the molecule is CCC(CC)(c1ccc(C#CC2(O[Si](C)(C)C)CCCC2)c(C)c1)c1ccc(-c2ccc(CCOOC)nc2)c(C)c1. The van der Waals surface area contributed by atoms with Crippen LogP contribution in [0.1, 0.15) is 85.9 Å². The Morgan fingerprint density at radius 2 is 1.57 bits per heavy atom. The minimum absolute atomic E-state index is 0.0584. The van der Waals surface area contributed by atoms with Crippen LogP contribution in [-0.4, -0.2) is 32.6 Å². The molecule has 1 aliphatic rings. The van der Waals surface area contributed by atoms with E-state index in [4.69, 9.17) is 9.31 Å². The van der Waals surface area contributed by atoms with E-state index in [1.807, 2.05) is 6.20 Å². The highest BCUT2D eigenvalue weighted by Gasteiger charge is 2.37. The Balaban J connectivity index is 1.61. The summed E-state index contributed by atoms with van der Waals surface area (Å²) in [6.45, 7) is 16.3. The predicted octanol–water partition coefficient (Wildman–Crippen LogP) is 9.11. The summed E-state index contributed by atoms with van der Waals surface area (Å²) in [5, 5.41) is 0. The van der Waals surface area contributed by atoms with Crippen molar-refractivity contribution in [2.45, 2.75) is 103 Å². The molecule has 1 aliphatic carbocycles. The Morgan fingerprint density at radius 1 is 0.905 bits per heavy atom. The lowest BCUT2D eigenvalue weighted by molar-refractivity contribution is -0.271. The minimum Gasteiger partial charge on any atom is -0.402 e. The molecule has 0 unspecified atom stereocenters. The van der Waals surface area contributed by atoms with E-state index in [0.717, 1.165) is 48.9 Å². The first-order chi connectivity index (χ1) is 20.0. The smallest absolute Gasteiger partial charge is 0.185 e. The van der Waals surface area contributed by atoms with Crippen LogP contribution in [0.15, 0.2) is 54.7 Å². The van der Waals surface area contributed by atoms with Gasteiger partial charge in [-0.3, -0.25) is 4.98 Å². The molecular formula is C37H49NO3Si. The molecule has 5 heteroatoms. The molecule has 0 spiro atoms. The van der Waals surface area contributed by atoms with E-state index in [1.54, 1.807) is 0 Å². The van der Waals surface area contributed by atoms with Gasteiger partial charge in [0.05, 0.1) is 13.7 Å². The number of benzene rings is 2. The van der Waals surface area contributed by atoms with Crippen LogP contribution in [0, 0.1) is 25.7 Å². The van der Waals surface area contributed by atoms with Crippen LogP contribution < -0.4 is 0 Å². The Labute approximate surface area is 255 Å². The maximum absolute atomic E-state index is 6.65. The lowest BCUT2D eigenvalue weighted by atomic mass is 9.69. The second-order valence-electron chi connectivity index (χ2n) is 12.8. The van der Waals surface area contributed by atoms with E-state index < -0.39 is 8.32 Å². The molecule has 224 valence electrons. The molecule has 1 fully saturated rings. The van der Waals surface area contributed by atoms with Crippen molar-refractivity contribution in [1.29, 1.82) is 0 Å². The molecule has 42 heavy (non-hydrogen) atoms. The van der Waals surface area contributed by atoms with Crippen LogP contribution in [0.5, 0.6) is 0 Å². The molecule has 0 N–H and O–H groups in total. The molecule has 0 saturated heterocycles. The van der Waals surface area contributed by atoms with Crippen molar-refractivity contribution in [1.82, 2.24) is 4.98 Å². The quantitative estimate of drug-likeness (QED) is 0.0742. The number of aromatic nitrogens is 1. The summed E-state index contributed by atoms with van der Waals surface area (Å²) < 4.78 is 6.65. The molecule has 4 rings (SSSR count). The summed E-state index contributed by atoms with van der Waals surface area (Å²) in [5.74, 6) is 7.17. The number of aryl methyl sites for hydroxylation is 2. The number of hydrogen-bond donors (Lipinski definition) is 0. The van der Waals surface area contributed by atoms with E-state index in [0.29, 0.717) is 6.61 Å². The number of rotatable bonds is 11. The normalized spacial score (nSPS) is 15.0. The average Bonchev–Trinajstić information content (AvgIpc) is 3.41. The van der Waals surface area contributed by atoms with Gasteiger partial charge in [0.1, 0.15) is 5.60 Å². The van der Waals surface area contributed by atoms with E-state index in [9.17, 15) is 0 Å². The van der Waals surface area contributed by atoms with Gasteiger partial charge >= 0.3 is 0 Å². The summed E-state index contributed by atoms with van der Waals surface area (Å²) in [6.07, 6.45) is 9.25. The molecule has 2 aromatic carbocycles. The first-order valence-electron chi connectivity index (χ1n) is 15.6. The van der Waals surface area contributed by atoms with Crippen molar-refractivity contribution in [3.05, 3.63) is 88.2 Å². The zero-order valence-electron chi connectivity index (χ0n) is 27.0. The third-order valence-electron chi connectivity index (χ3n) is 8.80. The first kappa shape index (κ1) is 32.2. The van der Waals surface area contributed by atoms with Crippen molar-refractivity contribution in [3.8, 4) is 23.0 Å². The van der Waals surface area contributed by atoms with Gasteiger partial charge < -0.3 is 4.43 Å². The van der Waals surface area contributed by atoms with Crippen LogP contribution in [0.2, 0.25) is 19.6 Å². The summed E-state index contributed by atoms with van der Waals surface area (Å²) in [7, 11) is -0.157. The lowest BCUT2D eigenvalue weighted by Gasteiger charge is -2.34. The zero-order chi connectivity index (χ0) is 30.4. The summed E-state index contributed by atoms with van der Waals surface area (Å²) >= 11 is 0. The Kier molecular flexibility index (Phi) is 10.5. The standard InChI is InChI=1S/C37H49NO3Si/c1-9-37(10-2,33-16-18-35(29(4)26-33)31-14-17-34(38-27-31)20-24-40-39-5)32-15-13-30(28(3)25-32)19-23-36(21-11-12-22-36)41-42(6,7)8/h13-18,25-27H,9-12,20-22,24H2,1-8H3. The lowest BCUT2D eigenvalue weighted by Crippen LogP contribution is -2.39. The van der Waals surface area contributed by atoms with Crippen molar-refractivity contribution in [2.75, 3.05) is 13.7 Å². The van der Waals surface area contributed by atoms with Crippen LogP contribution in [0.3, 0.4) is 0 Å². The number of nitrogens with zero attached hydrogens (tertiary/aromatic N) is 1. The van der Waals surface area contributed by atoms with Gasteiger partial charge in [0, 0.05) is 34.9 Å². The average molecular weight is 584 g/mol. The summed E-state index contributed by atoms with van der Waals surface area (Å²) in [4.78, 5) is 14.3. The van der Waals surface area contributed by atoms with Gasteiger partial charge in [-0.15, -0.1) is 0 Å². The number of pyridine rings is 1. The first-order valence-corrected chi connectivity index (χ1v) is 19.0. The van der Waals surface area contributed by atoms with Crippen LogP contribution in [0.25, 0.3) is 11.1 Å². The minimum atomic E-state index is -1.68. The van der Waals surface area contributed by atoms with E-state index in [2.05, 4.69) is 118 Å². The van der Waals surface area contributed by atoms with Crippen molar-refractivity contribution < 1.29 is 14.2 Å². The van der Waals surface area contributed by atoms with Gasteiger partial charge in [0.2, 0.25) is 0 Å². The highest BCUT2D eigenvalue weighted by molar-refractivity contribution is 6.69. The fourth-order valence-electron chi connectivity index (χ4n) is 6.55. The predicted molar refractivity (Wildman–Crippen MR) is 176 cm³/mol. The molecule has 1 aromatic heterocycles. The van der Waals surface area contributed by atoms with Crippen LogP contribution in [-0.2, 0) is 26.0 Å². The van der Waals surface area contributed by atoms with Gasteiger partial charge in [0.15, 0.2) is 8.32 Å². The third kappa shape index (κ3) is 7.41. The van der Waals surface area contributed by atoms with Crippen molar-refractivity contribution in [2.24, 2.45) is 0 Å². The third-order valence-corrected chi connectivity index (χ3v) is 9.80. The molecule has 0 amide bonds. The molecular weight excluding hydrogens is 534 g/mol. The maximum Gasteiger partial charge on any atom is 0.185 e. The van der Waals surface area contributed by atoms with Gasteiger partial charge in [0.25, 0.3) is 0 Å². The van der Waals surface area contributed by atoms with Gasteiger partial charge in [-0.05, 0) is 112 Å². The van der Waals surface area contributed by atoms with E-state index in [-0.39, 0.29) is 11.0 Å². The molecule has 3 aromatic rings. The molecule has 0 aliphatic heterocycles. The maximum atomic E-state index is 6.65. The van der Waals surface area contributed by atoms with Gasteiger partial charge in [-0.2, -0.15) is 0 Å². The van der Waals surface area contributed by atoms with E-state index in [1.165, 1.54) is 47.8 Å². The van der Waals surface area contributed by atoms with Crippen molar-refractivity contribution in [3.63, 3.8) is 0 Å². The summed E-state index contributed by atoms with van der Waals surface area (Å²) in [5.41, 5.74) is 9.36. The summed E-state index contributed by atoms with van der Waals surface area (Å²) in [6, 6.07) is 18.1. The fourth-order valence-corrected chi connectivity index (χ4v) is 7.97. The molecule has 1 heterocycles. The van der Waals surface area contributed by atoms with Crippen molar-refractivity contribution >= 4 is 8.32 Å². The Bertz CT molecular complexity index is 1400. The Hall–Kier alpha value is -2.75. The molecule has 1 saturated carbocycles. The molecule has 0 atom stereocenters. The topological polar surface area (TPSA) is 40.6 Å². The highest BCUT2D eigenvalue weighted by atomic mass is 28.4. The molecule has 4 nitrogen and oxygen atoms in total.